The third-order valence-corrected chi connectivity index (χ3v) is 4.68. The van der Waals surface area contributed by atoms with Crippen LogP contribution in [0.4, 0.5) is 0 Å². The summed E-state index contributed by atoms with van der Waals surface area (Å²) in [6, 6.07) is 0.227. The van der Waals surface area contributed by atoms with Crippen molar-refractivity contribution in [1.29, 1.82) is 0 Å². The molecule has 2 saturated heterocycles. The minimum absolute atomic E-state index is 0.227. The Hall–Kier alpha value is -0.460. The van der Waals surface area contributed by atoms with E-state index in [0.717, 1.165) is 31.6 Å². The molecule has 0 bridgehead atoms. The maximum Gasteiger partial charge on any atom is 0.154 e. The highest BCUT2D eigenvalue weighted by molar-refractivity contribution is 9.10. The fourth-order valence-corrected chi connectivity index (χ4v) is 4.02. The van der Waals surface area contributed by atoms with E-state index < -0.39 is 5.60 Å². The van der Waals surface area contributed by atoms with Gasteiger partial charge in [0.2, 0.25) is 0 Å². The maximum absolute atomic E-state index is 11.0. The first kappa shape index (κ1) is 11.6. The van der Waals surface area contributed by atoms with E-state index in [1.165, 1.54) is 12.8 Å². The van der Waals surface area contributed by atoms with Crippen molar-refractivity contribution < 1.29 is 5.11 Å². The van der Waals surface area contributed by atoms with E-state index in [-0.39, 0.29) is 6.04 Å². The van der Waals surface area contributed by atoms with Crippen molar-refractivity contribution in [3.05, 3.63) is 10.3 Å². The van der Waals surface area contributed by atoms with Gasteiger partial charge in [-0.3, -0.25) is 4.90 Å². The van der Waals surface area contributed by atoms with Gasteiger partial charge in [-0.25, -0.2) is 4.68 Å². The Labute approximate surface area is 109 Å². The Morgan fingerprint density at radius 2 is 2.24 bits per heavy atom. The molecule has 1 N–H and O–H groups in total. The van der Waals surface area contributed by atoms with Gasteiger partial charge in [-0.2, -0.15) is 0 Å². The topological polar surface area (TPSA) is 54.2 Å². The summed E-state index contributed by atoms with van der Waals surface area (Å²) in [5.74, 6) is 0. The molecule has 2 atom stereocenters. The SMILES string of the molecule is Cn1nnc(Br)c1C1(O)CCN2CCCCC21. The highest BCUT2D eigenvalue weighted by Crippen LogP contribution is 2.43. The van der Waals surface area contributed by atoms with Crippen molar-refractivity contribution in [2.24, 2.45) is 7.05 Å². The van der Waals surface area contributed by atoms with E-state index in [0.29, 0.717) is 4.60 Å². The number of nitrogens with zero attached hydrogens (tertiary/aromatic N) is 4. The van der Waals surface area contributed by atoms with E-state index in [4.69, 9.17) is 0 Å². The van der Waals surface area contributed by atoms with Crippen LogP contribution >= 0.6 is 15.9 Å². The lowest BCUT2D eigenvalue weighted by Gasteiger charge is -2.37. The van der Waals surface area contributed by atoms with Gasteiger partial charge in [0.15, 0.2) is 4.60 Å². The lowest BCUT2D eigenvalue weighted by atomic mass is 9.86. The van der Waals surface area contributed by atoms with Gasteiger partial charge in [0, 0.05) is 19.6 Å². The molecule has 2 aliphatic rings. The zero-order chi connectivity index (χ0) is 12.0. The quantitative estimate of drug-likeness (QED) is 0.841. The highest BCUT2D eigenvalue weighted by atomic mass is 79.9. The zero-order valence-electron chi connectivity index (χ0n) is 9.93. The molecule has 3 heterocycles. The fraction of sp³-hybridized carbons (Fsp3) is 0.818. The van der Waals surface area contributed by atoms with E-state index in [2.05, 4.69) is 31.1 Å². The summed E-state index contributed by atoms with van der Waals surface area (Å²) in [4.78, 5) is 2.41. The molecule has 2 unspecified atom stereocenters. The summed E-state index contributed by atoms with van der Waals surface area (Å²) in [5, 5.41) is 19.0. The number of aliphatic hydroxyl groups is 1. The Morgan fingerprint density at radius 3 is 2.94 bits per heavy atom. The predicted octanol–water partition coefficient (Wildman–Crippen LogP) is 1.02. The molecular formula is C11H17BrN4O. The number of rotatable bonds is 1. The van der Waals surface area contributed by atoms with Gasteiger partial charge in [-0.15, -0.1) is 5.10 Å². The van der Waals surface area contributed by atoms with Crippen LogP contribution in [0.1, 0.15) is 31.4 Å². The van der Waals surface area contributed by atoms with Crippen molar-refractivity contribution >= 4 is 15.9 Å². The van der Waals surface area contributed by atoms with Crippen LogP contribution in [-0.4, -0.2) is 44.1 Å². The highest BCUT2D eigenvalue weighted by Gasteiger charge is 2.50. The van der Waals surface area contributed by atoms with Gasteiger partial charge >= 0.3 is 0 Å². The fourth-order valence-electron chi connectivity index (χ4n) is 3.35. The summed E-state index contributed by atoms with van der Waals surface area (Å²) in [5.41, 5.74) is 0.0317. The van der Waals surface area contributed by atoms with Gasteiger partial charge in [0.1, 0.15) is 11.3 Å². The minimum atomic E-state index is -0.794. The molecule has 2 aliphatic heterocycles. The van der Waals surface area contributed by atoms with Crippen LogP contribution in [0.25, 0.3) is 0 Å². The molecule has 0 aliphatic carbocycles. The van der Waals surface area contributed by atoms with E-state index in [1.54, 1.807) is 4.68 Å². The van der Waals surface area contributed by atoms with Crippen LogP contribution in [0.3, 0.4) is 0 Å². The van der Waals surface area contributed by atoms with Gasteiger partial charge < -0.3 is 5.11 Å². The van der Waals surface area contributed by atoms with Gasteiger partial charge in [-0.1, -0.05) is 11.6 Å². The average molecular weight is 301 g/mol. The van der Waals surface area contributed by atoms with Crippen LogP contribution in [0.5, 0.6) is 0 Å². The van der Waals surface area contributed by atoms with Gasteiger partial charge in [0.25, 0.3) is 0 Å². The molecule has 0 saturated carbocycles. The Kier molecular flexibility index (Phi) is 2.76. The largest absolute Gasteiger partial charge is 0.382 e. The second kappa shape index (κ2) is 4.03. The first-order valence-corrected chi connectivity index (χ1v) is 6.94. The van der Waals surface area contributed by atoms with Crippen molar-refractivity contribution in [3.63, 3.8) is 0 Å². The number of aromatic nitrogens is 3. The first-order chi connectivity index (χ1) is 8.13. The molecule has 2 fully saturated rings. The monoisotopic (exact) mass is 300 g/mol. The predicted molar refractivity (Wildman–Crippen MR) is 66.4 cm³/mol. The van der Waals surface area contributed by atoms with Crippen LogP contribution < -0.4 is 0 Å². The Bertz CT molecular complexity index is 416. The minimum Gasteiger partial charge on any atom is -0.382 e. The second-order valence-electron chi connectivity index (χ2n) is 5.07. The van der Waals surface area contributed by atoms with E-state index >= 15 is 0 Å². The summed E-state index contributed by atoms with van der Waals surface area (Å²) in [7, 11) is 1.84. The third kappa shape index (κ3) is 1.65. The molecular weight excluding hydrogens is 284 g/mol. The van der Waals surface area contributed by atoms with Crippen LogP contribution in [0.15, 0.2) is 4.60 Å². The molecule has 1 aromatic heterocycles. The van der Waals surface area contributed by atoms with Crippen LogP contribution in [-0.2, 0) is 12.6 Å². The van der Waals surface area contributed by atoms with Crippen molar-refractivity contribution in [3.8, 4) is 0 Å². The molecule has 94 valence electrons. The second-order valence-corrected chi connectivity index (χ2v) is 5.83. The Morgan fingerprint density at radius 1 is 1.41 bits per heavy atom. The maximum atomic E-state index is 11.0. The number of hydrogen-bond donors (Lipinski definition) is 1. The standard InChI is InChI=1S/C11H17BrN4O/c1-15-9(10(12)13-14-15)11(17)5-7-16-6-3-2-4-8(11)16/h8,17H,2-7H2,1H3. The molecule has 17 heavy (non-hydrogen) atoms. The molecule has 0 radical (unpaired) electrons. The third-order valence-electron chi connectivity index (χ3n) is 4.14. The van der Waals surface area contributed by atoms with E-state index in [9.17, 15) is 5.11 Å². The van der Waals surface area contributed by atoms with Gasteiger partial charge in [-0.05, 0) is 41.7 Å². The van der Waals surface area contributed by atoms with Crippen LogP contribution in [0.2, 0.25) is 0 Å². The molecule has 0 amide bonds. The lowest BCUT2D eigenvalue weighted by Crippen LogP contribution is -2.46. The smallest absolute Gasteiger partial charge is 0.154 e. The molecule has 5 nitrogen and oxygen atoms in total. The van der Waals surface area contributed by atoms with Crippen molar-refractivity contribution in [2.75, 3.05) is 13.1 Å². The molecule has 1 aromatic rings. The normalized spacial score (nSPS) is 33.9. The summed E-state index contributed by atoms with van der Waals surface area (Å²) in [6.45, 7) is 2.08. The molecule has 0 aromatic carbocycles. The number of aryl methyl sites for hydroxylation is 1. The number of hydrogen-bond acceptors (Lipinski definition) is 4. The summed E-state index contributed by atoms with van der Waals surface area (Å²) >= 11 is 3.41. The zero-order valence-corrected chi connectivity index (χ0v) is 11.5. The number of piperidine rings is 1. The number of halogens is 1. The van der Waals surface area contributed by atoms with E-state index in [1.807, 2.05) is 7.05 Å². The lowest BCUT2D eigenvalue weighted by molar-refractivity contribution is -0.0207. The first-order valence-electron chi connectivity index (χ1n) is 6.15. The molecule has 6 heteroatoms. The van der Waals surface area contributed by atoms with Gasteiger partial charge in [0.05, 0.1) is 0 Å². The summed E-state index contributed by atoms with van der Waals surface area (Å²) in [6.07, 6.45) is 4.29. The Balaban J connectivity index is 2.01. The van der Waals surface area contributed by atoms with Crippen LogP contribution in [0, 0.1) is 0 Å². The van der Waals surface area contributed by atoms with Crippen molar-refractivity contribution in [1.82, 2.24) is 19.9 Å². The average Bonchev–Trinajstić information content (AvgIpc) is 2.83. The van der Waals surface area contributed by atoms with Crippen molar-refractivity contribution in [2.45, 2.75) is 37.3 Å². The molecule has 0 spiro atoms. The number of fused-ring (bicyclic) bond motifs is 1. The molecule has 3 rings (SSSR count). The summed E-state index contributed by atoms with van der Waals surface area (Å²) < 4.78 is 2.37.